The van der Waals surface area contributed by atoms with Crippen LogP contribution in [0.3, 0.4) is 0 Å². The van der Waals surface area contributed by atoms with E-state index in [1.54, 1.807) is 0 Å². The standard InChI is InChI=1S/C3H4BP/c1-2-5-3-4-1/h1-2H2. The predicted molar refractivity (Wildman–Crippen MR) is 27.4 cm³/mol. The SMILES string of the molecule is B1=C=PCC1. The molecule has 0 aromatic heterocycles. The zero-order valence-electron chi connectivity index (χ0n) is 2.94. The minimum absolute atomic E-state index is 1.25. The molecule has 5 heavy (non-hydrogen) atoms. The van der Waals surface area contributed by atoms with Crippen LogP contribution in [-0.2, 0) is 0 Å². The molecule has 1 aliphatic heterocycles. The molecular weight excluding hydrogens is 77.8 g/mol. The molecule has 1 aliphatic rings. The monoisotopic (exact) mass is 82.0 g/mol. The topological polar surface area (TPSA) is 0 Å². The molecule has 0 saturated heterocycles. The number of hydrogen-bond acceptors (Lipinski definition) is 0. The first-order valence-corrected chi connectivity index (χ1v) is 2.82. The van der Waals surface area contributed by atoms with Crippen molar-refractivity contribution in [2.45, 2.75) is 6.32 Å². The van der Waals surface area contributed by atoms with E-state index in [0.717, 1.165) is 0 Å². The van der Waals surface area contributed by atoms with E-state index in [1.807, 2.05) is 0 Å². The zero-order valence-corrected chi connectivity index (χ0v) is 3.83. The second-order valence-electron chi connectivity index (χ2n) is 1.00. The summed E-state index contributed by atoms with van der Waals surface area (Å²) in [5.74, 6) is 0. The van der Waals surface area contributed by atoms with Crippen molar-refractivity contribution in [2.75, 3.05) is 6.16 Å². The van der Waals surface area contributed by atoms with E-state index in [4.69, 9.17) is 0 Å². The molecule has 0 unspecified atom stereocenters. The summed E-state index contributed by atoms with van der Waals surface area (Å²) < 4.78 is 0. The van der Waals surface area contributed by atoms with Crippen molar-refractivity contribution in [3.8, 4) is 0 Å². The molecule has 0 saturated carbocycles. The molecule has 0 fully saturated rings. The molecule has 0 bridgehead atoms. The van der Waals surface area contributed by atoms with Crippen molar-refractivity contribution < 1.29 is 0 Å². The maximum atomic E-state index is 3.07. The second-order valence-corrected chi connectivity index (χ2v) is 2.03. The normalized spacial score (nSPS) is 19.2. The summed E-state index contributed by atoms with van der Waals surface area (Å²) in [6.07, 6.45) is 2.56. The van der Waals surface area contributed by atoms with E-state index < -0.39 is 0 Å². The first-order chi connectivity index (χ1) is 2.50. The summed E-state index contributed by atoms with van der Waals surface area (Å²) in [5.41, 5.74) is 0. The van der Waals surface area contributed by atoms with Gasteiger partial charge in [0.1, 0.15) is 0 Å². The van der Waals surface area contributed by atoms with Crippen LogP contribution in [0.1, 0.15) is 0 Å². The second kappa shape index (κ2) is 1.55. The molecule has 0 spiro atoms. The van der Waals surface area contributed by atoms with Crippen LogP contribution in [0.15, 0.2) is 0 Å². The molecule has 24 valence electrons. The third-order valence-corrected chi connectivity index (χ3v) is 1.41. The van der Waals surface area contributed by atoms with E-state index in [0.29, 0.717) is 0 Å². The Hall–Kier alpha value is 0.145. The molecule has 2 heteroatoms. The molecule has 0 amide bonds. The van der Waals surface area contributed by atoms with Gasteiger partial charge in [-0.2, -0.15) is 0 Å². The fourth-order valence-corrected chi connectivity index (χ4v) is 0.968. The van der Waals surface area contributed by atoms with Gasteiger partial charge in [-0.05, 0) is 0 Å². The van der Waals surface area contributed by atoms with Crippen molar-refractivity contribution in [1.29, 1.82) is 0 Å². The summed E-state index contributed by atoms with van der Waals surface area (Å²) in [6, 6.07) is 0. The molecular formula is C3H4BP. The molecule has 0 nitrogen and oxygen atoms in total. The van der Waals surface area contributed by atoms with Gasteiger partial charge in [-0.1, -0.05) is 0 Å². The van der Waals surface area contributed by atoms with Crippen molar-refractivity contribution in [3.05, 3.63) is 0 Å². The Morgan fingerprint density at radius 2 is 2.80 bits per heavy atom. The van der Waals surface area contributed by atoms with Crippen LogP contribution >= 0.6 is 8.20 Å². The Labute approximate surface area is 33.9 Å². The van der Waals surface area contributed by atoms with Crippen LogP contribution in [-0.4, -0.2) is 18.4 Å². The van der Waals surface area contributed by atoms with Crippen LogP contribution in [0.4, 0.5) is 0 Å². The Balaban J connectivity index is 2.64. The predicted octanol–water partition coefficient (Wildman–Crippen LogP) is 0.705. The summed E-state index contributed by atoms with van der Waals surface area (Å²) in [5, 5.41) is 3.07. The average molecular weight is 81.9 g/mol. The van der Waals surface area contributed by atoms with Gasteiger partial charge in [0.15, 0.2) is 0 Å². The van der Waals surface area contributed by atoms with Crippen LogP contribution < -0.4 is 0 Å². The first kappa shape index (κ1) is 3.34. The molecule has 0 aromatic rings. The molecule has 0 radical (unpaired) electrons. The number of hydrogen-bond donors (Lipinski definition) is 0. The Morgan fingerprint density at radius 1 is 1.80 bits per heavy atom. The van der Waals surface area contributed by atoms with Crippen LogP contribution in [0.2, 0.25) is 6.32 Å². The Kier molecular flexibility index (Phi) is 1.03. The molecule has 1 heterocycles. The van der Waals surface area contributed by atoms with E-state index in [-0.39, 0.29) is 0 Å². The van der Waals surface area contributed by atoms with Gasteiger partial charge in [0.05, 0.1) is 0 Å². The van der Waals surface area contributed by atoms with Crippen molar-refractivity contribution in [3.63, 3.8) is 0 Å². The van der Waals surface area contributed by atoms with Crippen LogP contribution in [0.25, 0.3) is 0 Å². The Bertz CT molecular complexity index is 72.9. The van der Waals surface area contributed by atoms with Crippen molar-refractivity contribution in [1.82, 2.24) is 0 Å². The summed E-state index contributed by atoms with van der Waals surface area (Å²) >= 11 is 0. The van der Waals surface area contributed by atoms with Gasteiger partial charge in [0.2, 0.25) is 0 Å². The zero-order chi connectivity index (χ0) is 3.54. The fourth-order valence-electron chi connectivity index (χ4n) is 0.323. The average Bonchev–Trinajstić information content (AvgIpc) is 1.76. The van der Waals surface area contributed by atoms with E-state index in [9.17, 15) is 0 Å². The van der Waals surface area contributed by atoms with Gasteiger partial charge in [-0.15, -0.1) is 0 Å². The quantitative estimate of drug-likeness (QED) is 0.298. The third-order valence-electron chi connectivity index (χ3n) is 0.568. The third kappa shape index (κ3) is 0.720. The summed E-state index contributed by atoms with van der Waals surface area (Å²) in [7, 11) is 1.39. The van der Waals surface area contributed by atoms with Crippen molar-refractivity contribution >= 4 is 20.5 Å². The van der Waals surface area contributed by atoms with Gasteiger partial charge in [0.25, 0.3) is 0 Å². The maximum absolute atomic E-state index is 3.07. The van der Waals surface area contributed by atoms with Gasteiger partial charge in [-0.3, -0.25) is 0 Å². The fraction of sp³-hybridized carbons (Fsp3) is 0.667. The van der Waals surface area contributed by atoms with E-state index in [1.165, 1.54) is 20.7 Å². The van der Waals surface area contributed by atoms with E-state index >= 15 is 0 Å². The molecule has 0 aromatic carbocycles. The molecule has 1 rings (SSSR count). The molecule has 0 N–H and O–H groups in total. The summed E-state index contributed by atoms with van der Waals surface area (Å²) in [4.78, 5) is 0. The van der Waals surface area contributed by atoms with Crippen LogP contribution in [0.5, 0.6) is 0 Å². The van der Waals surface area contributed by atoms with Gasteiger partial charge < -0.3 is 0 Å². The van der Waals surface area contributed by atoms with E-state index in [2.05, 4.69) is 12.3 Å². The van der Waals surface area contributed by atoms with Gasteiger partial charge in [-0.25, -0.2) is 0 Å². The Morgan fingerprint density at radius 3 is 3.00 bits per heavy atom. The minimum atomic E-state index is 1.25. The van der Waals surface area contributed by atoms with Crippen LogP contribution in [0, 0.1) is 0 Å². The molecule has 0 atom stereocenters. The first-order valence-electron chi connectivity index (χ1n) is 1.74. The summed E-state index contributed by atoms with van der Waals surface area (Å²) in [6.45, 7) is 2.10. The van der Waals surface area contributed by atoms with Gasteiger partial charge >= 0.3 is 32.9 Å². The molecule has 0 aliphatic carbocycles. The van der Waals surface area contributed by atoms with Crippen molar-refractivity contribution in [2.24, 2.45) is 0 Å². The number of rotatable bonds is 0. The van der Waals surface area contributed by atoms with Gasteiger partial charge in [0, 0.05) is 0 Å².